The maximum absolute atomic E-state index is 12.4. The molecule has 0 fully saturated rings. The molecule has 1 unspecified atom stereocenters. The third-order valence-corrected chi connectivity index (χ3v) is 3.87. The van der Waals surface area contributed by atoms with Crippen molar-refractivity contribution < 1.29 is 19.1 Å². The van der Waals surface area contributed by atoms with Crippen LogP contribution < -0.4 is 5.32 Å². The average Bonchev–Trinajstić information content (AvgIpc) is 2.74. The highest BCUT2D eigenvalue weighted by Gasteiger charge is 2.33. The van der Waals surface area contributed by atoms with Gasteiger partial charge in [0.05, 0.1) is 5.54 Å². The Labute approximate surface area is 155 Å². The second-order valence-corrected chi connectivity index (χ2v) is 7.78. The summed E-state index contributed by atoms with van der Waals surface area (Å²) in [7, 11) is 0. The second kappa shape index (κ2) is 8.25. The monoisotopic (exact) mass is 360 g/mol. The number of ether oxygens (including phenoxy) is 2. The topological polar surface area (TPSA) is 67.9 Å². The summed E-state index contributed by atoms with van der Waals surface area (Å²) in [5, 5.41) is 2.89. The van der Waals surface area contributed by atoms with Gasteiger partial charge < -0.3 is 19.7 Å². The van der Waals surface area contributed by atoms with Gasteiger partial charge in [0.25, 0.3) is 0 Å². The predicted octanol–water partition coefficient (Wildman–Crippen LogP) is 3.87. The summed E-state index contributed by atoms with van der Waals surface area (Å²) in [6.07, 6.45) is 3.58. The van der Waals surface area contributed by atoms with E-state index in [1.54, 1.807) is 4.90 Å². The molecule has 142 valence electrons. The SMILES string of the molecule is CC1(NC(=O)OCc2ccccc2)CC=CCN(C(=O)OC(C)(C)C)C1. The fourth-order valence-corrected chi connectivity index (χ4v) is 2.66. The van der Waals surface area contributed by atoms with E-state index in [2.05, 4.69) is 5.32 Å². The molecule has 6 heteroatoms. The standard InChI is InChI=1S/C20H28N2O4/c1-19(2,3)26-18(24)22-13-9-8-12-20(4,15-22)21-17(23)25-14-16-10-6-5-7-11-16/h5-11H,12-15H2,1-4H3,(H,21,23). The fraction of sp³-hybridized carbons (Fsp3) is 0.500. The van der Waals surface area contributed by atoms with Crippen LogP contribution in [0.3, 0.4) is 0 Å². The Morgan fingerprint density at radius 1 is 1.19 bits per heavy atom. The molecule has 1 N–H and O–H groups in total. The summed E-state index contributed by atoms with van der Waals surface area (Å²) in [5.74, 6) is 0. The molecule has 1 atom stereocenters. The van der Waals surface area contributed by atoms with Crippen LogP contribution in [0, 0.1) is 0 Å². The van der Waals surface area contributed by atoms with Crippen LogP contribution in [0.5, 0.6) is 0 Å². The highest BCUT2D eigenvalue weighted by atomic mass is 16.6. The number of rotatable bonds is 3. The number of alkyl carbamates (subject to hydrolysis) is 1. The summed E-state index contributed by atoms with van der Waals surface area (Å²) < 4.78 is 10.7. The first-order chi connectivity index (χ1) is 12.2. The third-order valence-electron chi connectivity index (χ3n) is 3.87. The van der Waals surface area contributed by atoms with Crippen molar-refractivity contribution in [3.8, 4) is 0 Å². The molecule has 0 aromatic heterocycles. The van der Waals surface area contributed by atoms with Crippen molar-refractivity contribution in [3.63, 3.8) is 0 Å². The molecule has 0 saturated heterocycles. The quantitative estimate of drug-likeness (QED) is 0.831. The number of carbonyl (C=O) groups is 2. The normalized spacial score (nSPS) is 20.2. The summed E-state index contributed by atoms with van der Waals surface area (Å²) >= 11 is 0. The number of nitrogens with one attached hydrogen (secondary N) is 1. The van der Waals surface area contributed by atoms with Crippen LogP contribution in [0.1, 0.15) is 39.7 Å². The number of amides is 2. The van der Waals surface area contributed by atoms with E-state index in [1.807, 2.05) is 70.2 Å². The van der Waals surface area contributed by atoms with Crippen molar-refractivity contribution in [1.82, 2.24) is 10.2 Å². The predicted molar refractivity (Wildman–Crippen MR) is 99.7 cm³/mol. The molecule has 1 aromatic rings. The first-order valence-corrected chi connectivity index (χ1v) is 8.79. The Bertz CT molecular complexity index is 652. The Morgan fingerprint density at radius 2 is 1.88 bits per heavy atom. The minimum atomic E-state index is -0.627. The summed E-state index contributed by atoms with van der Waals surface area (Å²) in [4.78, 5) is 26.2. The molecular weight excluding hydrogens is 332 g/mol. The van der Waals surface area contributed by atoms with Gasteiger partial charge in [0.15, 0.2) is 0 Å². The van der Waals surface area contributed by atoms with Crippen molar-refractivity contribution in [2.45, 2.75) is 51.9 Å². The van der Waals surface area contributed by atoms with Crippen LogP contribution in [0.25, 0.3) is 0 Å². The van der Waals surface area contributed by atoms with Gasteiger partial charge in [0, 0.05) is 13.1 Å². The van der Waals surface area contributed by atoms with Gasteiger partial charge in [0.1, 0.15) is 12.2 Å². The lowest BCUT2D eigenvalue weighted by molar-refractivity contribution is 0.0224. The number of hydrogen-bond acceptors (Lipinski definition) is 4. The first-order valence-electron chi connectivity index (χ1n) is 8.79. The van der Waals surface area contributed by atoms with Crippen molar-refractivity contribution in [2.24, 2.45) is 0 Å². The molecule has 2 rings (SSSR count). The molecule has 6 nitrogen and oxygen atoms in total. The van der Waals surface area contributed by atoms with Crippen LogP contribution in [0.15, 0.2) is 42.5 Å². The zero-order valence-corrected chi connectivity index (χ0v) is 16.0. The molecule has 0 aliphatic carbocycles. The molecule has 1 aliphatic rings. The van der Waals surface area contributed by atoms with Crippen molar-refractivity contribution in [3.05, 3.63) is 48.0 Å². The van der Waals surface area contributed by atoms with E-state index in [9.17, 15) is 9.59 Å². The number of carbonyl (C=O) groups excluding carboxylic acids is 2. The summed E-state index contributed by atoms with van der Waals surface area (Å²) in [6.45, 7) is 8.38. The highest BCUT2D eigenvalue weighted by molar-refractivity contribution is 5.70. The molecule has 0 radical (unpaired) electrons. The van der Waals surface area contributed by atoms with E-state index in [0.29, 0.717) is 19.5 Å². The van der Waals surface area contributed by atoms with E-state index < -0.39 is 23.3 Å². The Balaban J connectivity index is 1.94. The zero-order valence-electron chi connectivity index (χ0n) is 16.0. The highest BCUT2D eigenvalue weighted by Crippen LogP contribution is 2.19. The van der Waals surface area contributed by atoms with Crippen molar-refractivity contribution in [2.75, 3.05) is 13.1 Å². The Hall–Kier alpha value is -2.50. The van der Waals surface area contributed by atoms with E-state index in [0.717, 1.165) is 5.56 Å². The van der Waals surface area contributed by atoms with E-state index in [1.165, 1.54) is 0 Å². The summed E-state index contributed by atoms with van der Waals surface area (Å²) in [5.41, 5.74) is -0.271. The first kappa shape index (κ1) is 19.8. The van der Waals surface area contributed by atoms with Gasteiger partial charge in [-0.3, -0.25) is 0 Å². The molecule has 0 spiro atoms. The van der Waals surface area contributed by atoms with Gasteiger partial charge >= 0.3 is 12.2 Å². The fourth-order valence-electron chi connectivity index (χ4n) is 2.66. The van der Waals surface area contributed by atoms with Gasteiger partial charge in [-0.1, -0.05) is 42.5 Å². The van der Waals surface area contributed by atoms with Crippen LogP contribution in [0.4, 0.5) is 9.59 Å². The largest absolute Gasteiger partial charge is 0.445 e. The smallest absolute Gasteiger partial charge is 0.410 e. The number of benzene rings is 1. The molecule has 0 saturated carbocycles. The van der Waals surface area contributed by atoms with E-state index >= 15 is 0 Å². The minimum Gasteiger partial charge on any atom is -0.445 e. The van der Waals surface area contributed by atoms with Crippen LogP contribution >= 0.6 is 0 Å². The molecule has 26 heavy (non-hydrogen) atoms. The maximum atomic E-state index is 12.4. The molecule has 1 aromatic carbocycles. The van der Waals surface area contributed by atoms with Crippen molar-refractivity contribution in [1.29, 1.82) is 0 Å². The zero-order chi connectivity index (χ0) is 19.2. The van der Waals surface area contributed by atoms with Gasteiger partial charge in [-0.2, -0.15) is 0 Å². The number of nitrogens with zero attached hydrogens (tertiary/aromatic N) is 1. The lowest BCUT2D eigenvalue weighted by Gasteiger charge is -2.34. The number of hydrogen-bond donors (Lipinski definition) is 1. The molecule has 0 bridgehead atoms. The average molecular weight is 360 g/mol. The van der Waals surface area contributed by atoms with E-state index in [-0.39, 0.29) is 6.61 Å². The lowest BCUT2D eigenvalue weighted by Crippen LogP contribution is -2.54. The molecule has 1 aliphatic heterocycles. The second-order valence-electron chi connectivity index (χ2n) is 7.78. The van der Waals surface area contributed by atoms with Crippen molar-refractivity contribution >= 4 is 12.2 Å². The van der Waals surface area contributed by atoms with Gasteiger partial charge in [-0.15, -0.1) is 0 Å². The molecule has 1 heterocycles. The van der Waals surface area contributed by atoms with Gasteiger partial charge in [0.2, 0.25) is 0 Å². The van der Waals surface area contributed by atoms with E-state index in [4.69, 9.17) is 9.47 Å². The lowest BCUT2D eigenvalue weighted by atomic mass is 9.98. The minimum absolute atomic E-state index is 0.203. The molecule has 2 amide bonds. The van der Waals surface area contributed by atoms with Gasteiger partial charge in [-0.25, -0.2) is 9.59 Å². The van der Waals surface area contributed by atoms with Crippen LogP contribution in [-0.2, 0) is 16.1 Å². The van der Waals surface area contributed by atoms with Gasteiger partial charge in [-0.05, 0) is 39.7 Å². The molecular formula is C20H28N2O4. The Morgan fingerprint density at radius 3 is 2.54 bits per heavy atom. The Kier molecular flexibility index (Phi) is 6.29. The third kappa shape index (κ3) is 6.43. The maximum Gasteiger partial charge on any atom is 0.410 e. The van der Waals surface area contributed by atoms with Crippen LogP contribution in [0.2, 0.25) is 0 Å². The summed E-state index contributed by atoms with van der Waals surface area (Å²) in [6, 6.07) is 9.49. The van der Waals surface area contributed by atoms with Crippen LogP contribution in [-0.4, -0.2) is 41.3 Å².